The van der Waals surface area contributed by atoms with Gasteiger partial charge in [0.15, 0.2) is 11.6 Å². The monoisotopic (exact) mass is 322 g/mol. The molecule has 0 aromatic heterocycles. The predicted octanol–water partition coefficient (Wildman–Crippen LogP) is 2.03. The molecule has 1 atom stereocenters. The lowest BCUT2D eigenvalue weighted by Gasteiger charge is -2.24. The van der Waals surface area contributed by atoms with Gasteiger partial charge in [-0.1, -0.05) is 30.3 Å². The summed E-state index contributed by atoms with van der Waals surface area (Å²) in [5.74, 6) is 1.46. The second-order valence-electron chi connectivity index (χ2n) is 6.02. The average molecular weight is 322 g/mol. The number of carbonyl (C=O) groups excluding carboxylic acids is 1. The first kappa shape index (κ1) is 14.8. The molecule has 122 valence electrons. The highest BCUT2D eigenvalue weighted by Crippen LogP contribution is 2.35. The molecule has 3 aliphatic rings. The summed E-state index contributed by atoms with van der Waals surface area (Å²) in [7, 11) is 0. The number of nitrogens with one attached hydrogen (secondary N) is 1. The Morgan fingerprint density at radius 3 is 2.83 bits per heavy atom. The molecule has 0 radical (unpaired) electrons. The molecule has 2 N–H and O–H groups in total. The summed E-state index contributed by atoms with van der Waals surface area (Å²) in [4.78, 5) is 26.4. The number of benzene rings is 1. The second kappa shape index (κ2) is 5.72. The summed E-state index contributed by atoms with van der Waals surface area (Å²) in [6, 6.07) is 11.4. The molecule has 0 unspecified atom stereocenters. The molecular weight excluding hydrogens is 304 g/mol. The van der Waals surface area contributed by atoms with Crippen molar-refractivity contribution >= 4 is 11.6 Å². The number of nitrogens with zero attached hydrogens (tertiary/aromatic N) is 3. The summed E-state index contributed by atoms with van der Waals surface area (Å²) in [5.41, 5.74) is 3.50. The fourth-order valence-corrected chi connectivity index (χ4v) is 3.26. The van der Waals surface area contributed by atoms with Gasteiger partial charge in [-0.05, 0) is 13.0 Å². The smallest absolute Gasteiger partial charge is 0.159 e. The van der Waals surface area contributed by atoms with Gasteiger partial charge in [-0.15, -0.1) is 0 Å². The minimum absolute atomic E-state index is 0.0489. The van der Waals surface area contributed by atoms with Crippen LogP contribution in [-0.4, -0.2) is 45.0 Å². The van der Waals surface area contributed by atoms with Crippen LogP contribution in [0.15, 0.2) is 36.4 Å². The third-order valence-electron chi connectivity index (χ3n) is 4.43. The summed E-state index contributed by atoms with van der Waals surface area (Å²) < 4.78 is 0. The van der Waals surface area contributed by atoms with Crippen molar-refractivity contribution in [2.45, 2.75) is 19.4 Å². The minimum Gasteiger partial charge on any atom is -0.394 e. The summed E-state index contributed by atoms with van der Waals surface area (Å²) >= 11 is 0. The van der Waals surface area contributed by atoms with Crippen LogP contribution in [0.3, 0.4) is 0 Å². The molecule has 3 aliphatic heterocycles. The van der Waals surface area contributed by atoms with Gasteiger partial charge in [0, 0.05) is 18.5 Å². The topological polar surface area (TPSA) is 82.1 Å². The summed E-state index contributed by atoms with van der Waals surface area (Å²) in [6.07, 6.45) is 0.429. The highest BCUT2D eigenvalue weighted by Gasteiger charge is 2.35. The van der Waals surface area contributed by atoms with E-state index < -0.39 is 6.04 Å². The highest BCUT2D eigenvalue weighted by molar-refractivity contribution is 5.92. The molecule has 6 nitrogen and oxygen atoms in total. The maximum atomic E-state index is 12.0. The molecule has 1 aromatic rings. The number of hydrogen-bond donors (Lipinski definition) is 2. The summed E-state index contributed by atoms with van der Waals surface area (Å²) in [5, 5.41) is 9.57. The van der Waals surface area contributed by atoms with E-state index in [4.69, 9.17) is 4.98 Å². The molecule has 1 aromatic carbocycles. The van der Waals surface area contributed by atoms with Gasteiger partial charge in [0.1, 0.15) is 17.6 Å². The molecule has 3 heterocycles. The molecule has 0 spiro atoms. The van der Waals surface area contributed by atoms with Crippen LogP contribution in [0.25, 0.3) is 22.6 Å². The van der Waals surface area contributed by atoms with E-state index >= 15 is 0 Å². The van der Waals surface area contributed by atoms with Gasteiger partial charge in [-0.2, -0.15) is 0 Å². The van der Waals surface area contributed by atoms with E-state index in [2.05, 4.69) is 9.97 Å². The Bertz CT molecular complexity index is 859. The first-order valence-corrected chi connectivity index (χ1v) is 8.00. The average Bonchev–Trinajstić information content (AvgIpc) is 3.18. The van der Waals surface area contributed by atoms with Gasteiger partial charge in [0.05, 0.1) is 18.0 Å². The number of rotatable bonds is 3. The van der Waals surface area contributed by atoms with E-state index in [1.54, 1.807) is 0 Å². The standard InChI is InChI=1S/C18H18N4O2/c1-11-19-14-9-13(12-5-3-2-4-6-12)21-17(14)18(20-11)22-8-7-16(24)15(22)10-23/h2-6,9,15,23H,7-8,10H2,1H3,(H,19,20)/t15-/m0/s1. The fourth-order valence-electron chi connectivity index (χ4n) is 3.26. The van der Waals surface area contributed by atoms with Crippen LogP contribution in [0.4, 0.5) is 5.82 Å². The van der Waals surface area contributed by atoms with Crippen LogP contribution in [0.1, 0.15) is 12.2 Å². The summed E-state index contributed by atoms with van der Waals surface area (Å²) in [6.45, 7) is 2.24. The quantitative estimate of drug-likeness (QED) is 0.771. The zero-order chi connectivity index (χ0) is 16.7. The Morgan fingerprint density at radius 1 is 1.29 bits per heavy atom. The van der Waals surface area contributed by atoms with Crippen molar-refractivity contribution < 1.29 is 9.90 Å². The van der Waals surface area contributed by atoms with E-state index in [1.807, 2.05) is 48.2 Å². The highest BCUT2D eigenvalue weighted by atomic mass is 16.3. The SMILES string of the molecule is Cc1nc(N2CCC(=O)[C@@H]2CO)c2nc(-c3ccccc3)cc-2[nH]1. The zero-order valence-electron chi connectivity index (χ0n) is 13.4. The lowest BCUT2D eigenvalue weighted by Crippen LogP contribution is -2.37. The Morgan fingerprint density at radius 2 is 2.08 bits per heavy atom. The van der Waals surface area contributed by atoms with E-state index in [-0.39, 0.29) is 12.4 Å². The molecule has 0 bridgehead atoms. The lowest BCUT2D eigenvalue weighted by atomic mass is 10.1. The Kier molecular flexibility index (Phi) is 3.54. The Labute approximate surface area is 139 Å². The van der Waals surface area contributed by atoms with E-state index in [0.29, 0.717) is 18.8 Å². The number of aryl methyl sites for hydroxylation is 1. The lowest BCUT2D eigenvalue weighted by molar-refractivity contribution is -0.119. The van der Waals surface area contributed by atoms with E-state index in [9.17, 15) is 9.90 Å². The largest absolute Gasteiger partial charge is 0.394 e. The van der Waals surface area contributed by atoms with Crippen LogP contribution in [0.5, 0.6) is 0 Å². The normalized spacial score (nSPS) is 17.8. The van der Waals surface area contributed by atoms with Crippen LogP contribution >= 0.6 is 0 Å². The van der Waals surface area contributed by atoms with Crippen molar-refractivity contribution in [1.29, 1.82) is 0 Å². The van der Waals surface area contributed by atoms with Crippen molar-refractivity contribution in [3.63, 3.8) is 0 Å². The Hall–Kier alpha value is -2.73. The number of aliphatic hydroxyl groups excluding tert-OH is 1. The van der Waals surface area contributed by atoms with Gasteiger partial charge in [0.2, 0.25) is 0 Å². The second-order valence-corrected chi connectivity index (χ2v) is 6.02. The van der Waals surface area contributed by atoms with Crippen molar-refractivity contribution in [3.8, 4) is 22.6 Å². The van der Waals surface area contributed by atoms with Gasteiger partial charge < -0.3 is 15.0 Å². The van der Waals surface area contributed by atoms with Crippen molar-refractivity contribution in [3.05, 3.63) is 42.2 Å². The molecule has 1 fully saturated rings. The van der Waals surface area contributed by atoms with Crippen molar-refractivity contribution in [1.82, 2.24) is 15.0 Å². The first-order valence-electron chi connectivity index (χ1n) is 8.00. The van der Waals surface area contributed by atoms with Crippen LogP contribution in [-0.2, 0) is 4.79 Å². The number of anilines is 1. The van der Waals surface area contributed by atoms with Crippen molar-refractivity contribution in [2.24, 2.45) is 0 Å². The fraction of sp³-hybridized carbons (Fsp3) is 0.278. The predicted molar refractivity (Wildman–Crippen MR) is 91.0 cm³/mol. The first-order chi connectivity index (χ1) is 11.7. The molecule has 0 aliphatic carbocycles. The van der Waals surface area contributed by atoms with Gasteiger partial charge in [0.25, 0.3) is 0 Å². The number of Topliss-reactive ketones (excluding diaryl/α,β-unsaturated/α-hetero) is 1. The van der Waals surface area contributed by atoms with Crippen LogP contribution in [0, 0.1) is 6.92 Å². The van der Waals surface area contributed by atoms with Crippen LogP contribution < -0.4 is 4.90 Å². The third-order valence-corrected chi connectivity index (χ3v) is 4.43. The molecule has 24 heavy (non-hydrogen) atoms. The van der Waals surface area contributed by atoms with Gasteiger partial charge in [-0.25, -0.2) is 9.97 Å². The van der Waals surface area contributed by atoms with Crippen molar-refractivity contribution in [2.75, 3.05) is 18.1 Å². The van der Waals surface area contributed by atoms with E-state index in [0.717, 1.165) is 28.5 Å². The number of H-pyrrole nitrogens is 1. The number of aliphatic hydroxyl groups is 1. The maximum Gasteiger partial charge on any atom is 0.159 e. The molecule has 6 heteroatoms. The number of hydrogen-bond acceptors (Lipinski definition) is 5. The molecule has 0 amide bonds. The van der Waals surface area contributed by atoms with Gasteiger partial charge in [-0.3, -0.25) is 4.79 Å². The number of ketones is 1. The molecular formula is C18H18N4O2. The number of aromatic nitrogens is 3. The zero-order valence-corrected chi connectivity index (χ0v) is 13.4. The van der Waals surface area contributed by atoms with E-state index in [1.165, 1.54) is 0 Å². The number of aromatic amines is 1. The minimum atomic E-state index is -0.528. The third kappa shape index (κ3) is 2.35. The number of fused-ring (bicyclic) bond motifs is 1. The van der Waals surface area contributed by atoms with Gasteiger partial charge >= 0.3 is 0 Å². The molecule has 4 rings (SSSR count). The molecule has 1 saturated heterocycles. The van der Waals surface area contributed by atoms with Crippen LogP contribution in [0.2, 0.25) is 0 Å². The Balaban J connectivity index is 1.85. The molecule has 0 saturated carbocycles. The number of carbonyl (C=O) groups is 1. The maximum absolute atomic E-state index is 12.0.